The Morgan fingerprint density at radius 2 is 1.66 bits per heavy atom. The lowest BCUT2D eigenvalue weighted by molar-refractivity contribution is -0.145. The first-order chi connectivity index (χ1) is 20.6. The fourth-order valence-electron chi connectivity index (χ4n) is 3.22. The number of nitrogens with one attached hydrogen (secondary N) is 3. The fourth-order valence-corrected chi connectivity index (χ4v) is 5.68. The Morgan fingerprint density at radius 1 is 1.00 bits per heavy atom. The molecule has 16 heteroatoms. The summed E-state index contributed by atoms with van der Waals surface area (Å²) in [6.07, 6.45) is -0.486. The minimum atomic E-state index is -1.03. The molecule has 0 saturated carbocycles. The molecule has 3 N–H and O–H groups in total. The second-order valence-corrected chi connectivity index (χ2v) is 14.5. The Kier molecular flexibility index (Phi) is 16.9. The molecule has 3 amide bonds. The van der Waals surface area contributed by atoms with Crippen LogP contribution in [0.5, 0.6) is 0 Å². The smallest absolute Gasteiger partial charge is 0.408 e. The number of azide groups is 1. The van der Waals surface area contributed by atoms with Gasteiger partial charge in [0.05, 0.1) is 0 Å². The number of carbonyl (C=O) groups is 4. The van der Waals surface area contributed by atoms with E-state index in [4.69, 9.17) is 25.0 Å². The third-order valence-corrected chi connectivity index (χ3v) is 8.44. The van der Waals surface area contributed by atoms with E-state index in [1.807, 2.05) is 20.8 Å². The van der Waals surface area contributed by atoms with Crippen LogP contribution >= 0.6 is 21.6 Å². The largest absolute Gasteiger partial charge is 0.449 e. The molecular formula is C28H41N7O7S2. The van der Waals surface area contributed by atoms with Crippen LogP contribution in [0, 0.1) is 11.3 Å². The van der Waals surface area contributed by atoms with E-state index in [1.54, 1.807) is 61.9 Å². The molecule has 0 aromatic heterocycles. The zero-order valence-electron chi connectivity index (χ0n) is 25.9. The minimum Gasteiger partial charge on any atom is -0.449 e. The van der Waals surface area contributed by atoms with Crippen LogP contribution in [0.2, 0.25) is 0 Å². The van der Waals surface area contributed by atoms with Crippen molar-refractivity contribution >= 4 is 51.3 Å². The van der Waals surface area contributed by atoms with Crippen LogP contribution in [-0.4, -0.2) is 65.4 Å². The van der Waals surface area contributed by atoms with Crippen molar-refractivity contribution in [1.29, 1.82) is 5.26 Å². The number of hydrogen-bond acceptors (Lipinski definition) is 11. The SMILES string of the molecule is CC(C)(C)OC(=O)NC(CCCCNC(=O)C(CSSC(C)(C)C)NC(=O)OCc1ccc(N=[N+]=[N-])cc1)C(=O)OCC#N. The van der Waals surface area contributed by atoms with Gasteiger partial charge in [-0.05, 0) is 51.1 Å². The van der Waals surface area contributed by atoms with Crippen molar-refractivity contribution in [2.75, 3.05) is 18.9 Å². The number of nitriles is 1. The molecule has 1 aromatic carbocycles. The summed E-state index contributed by atoms with van der Waals surface area (Å²) >= 11 is 0. The van der Waals surface area contributed by atoms with Gasteiger partial charge in [-0.3, -0.25) is 4.79 Å². The number of hydrogen-bond donors (Lipinski definition) is 3. The van der Waals surface area contributed by atoms with E-state index in [0.29, 0.717) is 24.1 Å². The van der Waals surface area contributed by atoms with Gasteiger partial charge in [-0.1, -0.05) is 71.7 Å². The zero-order chi connectivity index (χ0) is 33.2. The monoisotopic (exact) mass is 651 g/mol. The number of alkyl carbamates (subject to hydrolysis) is 2. The molecule has 0 aliphatic carbocycles. The average molecular weight is 652 g/mol. The van der Waals surface area contributed by atoms with Crippen LogP contribution in [0.3, 0.4) is 0 Å². The molecule has 2 atom stereocenters. The number of ether oxygens (including phenoxy) is 3. The van der Waals surface area contributed by atoms with E-state index < -0.39 is 48.4 Å². The van der Waals surface area contributed by atoms with Gasteiger partial charge in [0.15, 0.2) is 6.61 Å². The van der Waals surface area contributed by atoms with E-state index in [1.165, 1.54) is 10.8 Å². The fraction of sp³-hybridized carbons (Fsp3) is 0.607. The van der Waals surface area contributed by atoms with Crippen molar-refractivity contribution in [1.82, 2.24) is 16.0 Å². The van der Waals surface area contributed by atoms with Crippen LogP contribution in [0.4, 0.5) is 15.3 Å². The Hall–Kier alpha value is -3.80. The molecule has 2 unspecified atom stereocenters. The molecule has 0 spiro atoms. The molecule has 0 radical (unpaired) electrons. The summed E-state index contributed by atoms with van der Waals surface area (Å²) in [6, 6.07) is 6.32. The van der Waals surface area contributed by atoms with E-state index in [-0.39, 0.29) is 30.1 Å². The molecule has 0 aliphatic rings. The molecule has 0 heterocycles. The number of benzene rings is 1. The second-order valence-electron chi connectivity index (χ2n) is 11.4. The van der Waals surface area contributed by atoms with Gasteiger partial charge >= 0.3 is 18.2 Å². The standard InChI is InChI=1S/C28H41N7O7S2/c1-27(2,3)42-26(39)32-21(24(37)40-16-14-29)9-7-8-15-31-23(36)22(18-43-44-28(4,5)6)33-25(38)41-17-19-10-12-20(13-11-19)34-35-30/h10-13,21-22H,7-9,15-18H2,1-6H3,(H,31,36)(H,32,39)(H,33,38). The lowest BCUT2D eigenvalue weighted by Gasteiger charge is -2.23. The molecule has 0 saturated heterocycles. The maximum absolute atomic E-state index is 13.0. The van der Waals surface area contributed by atoms with E-state index in [9.17, 15) is 19.2 Å². The molecule has 1 aromatic rings. The van der Waals surface area contributed by atoms with Crippen LogP contribution in [0.25, 0.3) is 10.4 Å². The van der Waals surface area contributed by atoms with Crippen molar-refractivity contribution in [3.8, 4) is 6.07 Å². The third-order valence-electron chi connectivity index (χ3n) is 5.09. The number of nitrogens with zero attached hydrogens (tertiary/aromatic N) is 4. The zero-order valence-corrected chi connectivity index (χ0v) is 27.5. The molecule has 0 fully saturated rings. The van der Waals surface area contributed by atoms with E-state index in [2.05, 4.69) is 26.0 Å². The lowest BCUT2D eigenvalue weighted by atomic mass is 10.1. The van der Waals surface area contributed by atoms with Gasteiger partial charge in [-0.25, -0.2) is 14.4 Å². The summed E-state index contributed by atoms with van der Waals surface area (Å²) in [7, 11) is 3.02. The van der Waals surface area contributed by atoms with Gasteiger partial charge in [-0.2, -0.15) is 5.26 Å². The Morgan fingerprint density at radius 3 is 2.25 bits per heavy atom. The van der Waals surface area contributed by atoms with Crippen LogP contribution in [0.15, 0.2) is 29.4 Å². The van der Waals surface area contributed by atoms with Crippen molar-refractivity contribution in [2.45, 2.75) is 89.8 Å². The molecule has 1 rings (SSSR count). The van der Waals surface area contributed by atoms with Gasteiger partial charge in [0, 0.05) is 27.6 Å². The normalized spacial score (nSPS) is 12.4. The van der Waals surface area contributed by atoms with E-state index in [0.717, 1.165) is 0 Å². The summed E-state index contributed by atoms with van der Waals surface area (Å²) in [5.41, 5.74) is 8.84. The van der Waals surface area contributed by atoms with Gasteiger partial charge in [0.25, 0.3) is 0 Å². The predicted octanol–water partition coefficient (Wildman–Crippen LogP) is 5.65. The average Bonchev–Trinajstić information content (AvgIpc) is 2.92. The number of unbranched alkanes of at least 4 members (excludes halogenated alkanes) is 1. The molecule has 0 bridgehead atoms. The summed E-state index contributed by atoms with van der Waals surface area (Å²) in [5.74, 6) is -0.875. The molecule has 0 aliphatic heterocycles. The Balaban J connectivity index is 2.68. The Labute approximate surface area is 265 Å². The predicted molar refractivity (Wildman–Crippen MR) is 169 cm³/mol. The highest BCUT2D eigenvalue weighted by Gasteiger charge is 2.26. The summed E-state index contributed by atoms with van der Waals surface area (Å²) in [6.45, 7) is 10.9. The van der Waals surface area contributed by atoms with Gasteiger partial charge in [0.2, 0.25) is 5.91 Å². The van der Waals surface area contributed by atoms with Crippen LogP contribution in [-0.2, 0) is 30.4 Å². The topological polar surface area (TPSA) is 205 Å². The summed E-state index contributed by atoms with van der Waals surface area (Å²) < 4.78 is 15.3. The first kappa shape index (κ1) is 38.2. The number of rotatable bonds is 16. The first-order valence-electron chi connectivity index (χ1n) is 13.8. The van der Waals surface area contributed by atoms with Crippen LogP contribution < -0.4 is 16.0 Å². The maximum Gasteiger partial charge on any atom is 0.408 e. The molecule has 242 valence electrons. The third kappa shape index (κ3) is 18.0. The van der Waals surface area contributed by atoms with Crippen LogP contribution in [0.1, 0.15) is 66.4 Å². The number of amides is 3. The van der Waals surface area contributed by atoms with Gasteiger partial charge in [-0.15, -0.1) is 0 Å². The number of esters is 1. The molecular weight excluding hydrogens is 610 g/mol. The summed E-state index contributed by atoms with van der Waals surface area (Å²) in [5, 5.41) is 20.1. The van der Waals surface area contributed by atoms with Gasteiger partial charge < -0.3 is 30.2 Å². The molecule has 14 nitrogen and oxygen atoms in total. The number of carbonyl (C=O) groups excluding carboxylic acids is 4. The van der Waals surface area contributed by atoms with Crippen molar-refractivity contribution in [2.24, 2.45) is 5.11 Å². The highest BCUT2D eigenvalue weighted by atomic mass is 33.1. The Bertz CT molecular complexity index is 1190. The maximum atomic E-state index is 13.0. The van der Waals surface area contributed by atoms with E-state index >= 15 is 0 Å². The highest BCUT2D eigenvalue weighted by Crippen LogP contribution is 2.35. The first-order valence-corrected chi connectivity index (χ1v) is 16.1. The second kappa shape index (κ2) is 19.5. The summed E-state index contributed by atoms with van der Waals surface area (Å²) in [4.78, 5) is 52.7. The van der Waals surface area contributed by atoms with Crippen molar-refractivity contribution in [3.05, 3.63) is 40.3 Å². The quantitative estimate of drug-likeness (QED) is 0.0381. The van der Waals surface area contributed by atoms with Crippen molar-refractivity contribution in [3.63, 3.8) is 0 Å². The lowest BCUT2D eigenvalue weighted by Crippen LogP contribution is -2.48. The van der Waals surface area contributed by atoms with Gasteiger partial charge in [0.1, 0.15) is 30.4 Å². The van der Waals surface area contributed by atoms with Crippen molar-refractivity contribution < 1.29 is 33.4 Å². The highest BCUT2D eigenvalue weighted by molar-refractivity contribution is 8.77. The molecule has 44 heavy (non-hydrogen) atoms. The minimum absolute atomic E-state index is 0.0457.